The van der Waals surface area contributed by atoms with Crippen LogP contribution in [-0.4, -0.2) is 24.1 Å². The van der Waals surface area contributed by atoms with Gasteiger partial charge in [0.25, 0.3) is 5.91 Å². The number of hydrogen-bond acceptors (Lipinski definition) is 3. The molecule has 34 heavy (non-hydrogen) atoms. The van der Waals surface area contributed by atoms with Gasteiger partial charge in [0.15, 0.2) is 0 Å². The number of benzene rings is 2. The Kier molecular flexibility index (Phi) is 5.47. The summed E-state index contributed by atoms with van der Waals surface area (Å²) in [5.74, 6) is 2.71. The third kappa shape index (κ3) is 3.94. The van der Waals surface area contributed by atoms with Gasteiger partial charge in [-0.2, -0.15) is 0 Å². The molecule has 4 nitrogen and oxygen atoms in total. The molecule has 4 aliphatic carbocycles. The fourth-order valence-corrected chi connectivity index (χ4v) is 8.67. The molecule has 5 fully saturated rings. The summed E-state index contributed by atoms with van der Waals surface area (Å²) in [7, 11) is 0. The monoisotopic (exact) mass is 478 g/mol. The van der Waals surface area contributed by atoms with Gasteiger partial charge in [-0.25, -0.2) is 4.39 Å². The summed E-state index contributed by atoms with van der Waals surface area (Å²) >= 11 is 1.54. The number of aryl methyl sites for hydroxylation is 1. The lowest BCUT2D eigenvalue weighted by Crippen LogP contribution is -2.51. The normalized spacial score (nSPS) is 31.8. The summed E-state index contributed by atoms with van der Waals surface area (Å²) in [5, 5.41) is 3.07. The maximum atomic E-state index is 13.4. The number of hydrogen-bond donors (Lipinski definition) is 1. The number of carbonyl (C=O) groups is 2. The molecule has 2 aromatic rings. The molecule has 6 heteroatoms. The Morgan fingerprint density at radius 3 is 2.32 bits per heavy atom. The fourth-order valence-electron chi connectivity index (χ4n) is 7.50. The highest BCUT2D eigenvalue weighted by Crippen LogP contribution is 2.59. The third-order valence-corrected chi connectivity index (χ3v) is 9.74. The molecule has 1 aliphatic heterocycles. The van der Waals surface area contributed by atoms with Crippen LogP contribution in [0.4, 0.5) is 10.1 Å². The summed E-state index contributed by atoms with van der Waals surface area (Å²) < 4.78 is 13.4. The molecule has 4 bridgehead atoms. The summed E-state index contributed by atoms with van der Waals surface area (Å²) in [4.78, 5) is 27.6. The lowest BCUT2D eigenvalue weighted by atomic mass is 9.49. The molecular weight excluding hydrogens is 447 g/mol. The second kappa shape index (κ2) is 8.40. The molecule has 1 atom stereocenters. The summed E-state index contributed by atoms with van der Waals surface area (Å²) in [6, 6.07) is 11.9. The Morgan fingerprint density at radius 1 is 1.06 bits per heavy atom. The molecule has 1 unspecified atom stereocenters. The topological polar surface area (TPSA) is 49.4 Å². The van der Waals surface area contributed by atoms with Gasteiger partial charge in [0, 0.05) is 17.8 Å². The predicted octanol–water partition coefficient (Wildman–Crippen LogP) is 5.86. The van der Waals surface area contributed by atoms with Crippen LogP contribution in [0.3, 0.4) is 0 Å². The molecule has 2 aromatic carbocycles. The van der Waals surface area contributed by atoms with Crippen LogP contribution in [0.15, 0.2) is 42.5 Å². The molecule has 5 aliphatic rings. The van der Waals surface area contributed by atoms with Gasteiger partial charge in [0.1, 0.15) is 11.2 Å². The minimum absolute atomic E-state index is 0.0254. The molecule has 0 spiro atoms. The lowest BCUT2D eigenvalue weighted by Gasteiger charge is -2.56. The first-order valence-corrected chi connectivity index (χ1v) is 13.5. The van der Waals surface area contributed by atoms with Gasteiger partial charge in [0.05, 0.1) is 5.75 Å². The van der Waals surface area contributed by atoms with Gasteiger partial charge in [-0.15, -0.1) is 11.8 Å². The number of anilines is 1. The van der Waals surface area contributed by atoms with E-state index in [1.807, 2.05) is 25.1 Å². The molecular formula is C28H31FN2O2S. The van der Waals surface area contributed by atoms with Crippen LogP contribution in [0.2, 0.25) is 0 Å². The maximum Gasteiger partial charge on any atom is 0.251 e. The zero-order valence-corrected chi connectivity index (χ0v) is 20.4. The minimum atomic E-state index is -0.287. The quantitative estimate of drug-likeness (QED) is 0.586. The Labute approximate surface area is 204 Å². The van der Waals surface area contributed by atoms with E-state index in [1.54, 1.807) is 28.8 Å². The van der Waals surface area contributed by atoms with E-state index < -0.39 is 0 Å². The van der Waals surface area contributed by atoms with E-state index in [0.29, 0.717) is 16.7 Å². The zero-order valence-electron chi connectivity index (χ0n) is 19.6. The standard InChI is InChI=1S/C28H31FN2O2S/c1-17-8-22(26(33)30-16-28-12-18-9-19(13-28)11-20(10-18)14-28)4-7-24(17)31-25(32)15-34-27(31)21-2-5-23(29)6-3-21/h2-8,18-20,27H,9-16H2,1H3,(H,30,33). The van der Waals surface area contributed by atoms with Gasteiger partial charge in [-0.1, -0.05) is 12.1 Å². The molecule has 7 rings (SSSR count). The Balaban J connectivity index is 1.17. The van der Waals surface area contributed by atoms with Crippen molar-refractivity contribution in [2.75, 3.05) is 17.2 Å². The highest BCUT2D eigenvalue weighted by Gasteiger charge is 2.50. The first-order valence-electron chi connectivity index (χ1n) is 12.5. The summed E-state index contributed by atoms with van der Waals surface area (Å²) in [5.41, 5.74) is 3.55. The number of amides is 2. The highest BCUT2D eigenvalue weighted by molar-refractivity contribution is 8.00. The van der Waals surface area contributed by atoms with Crippen LogP contribution in [0, 0.1) is 35.9 Å². The van der Waals surface area contributed by atoms with E-state index in [1.165, 1.54) is 50.7 Å². The van der Waals surface area contributed by atoms with Crippen LogP contribution in [0.1, 0.15) is 65.4 Å². The molecule has 1 saturated heterocycles. The van der Waals surface area contributed by atoms with E-state index >= 15 is 0 Å². The van der Waals surface area contributed by atoms with Gasteiger partial charge >= 0.3 is 0 Å². The van der Waals surface area contributed by atoms with Crippen molar-refractivity contribution in [2.24, 2.45) is 23.2 Å². The van der Waals surface area contributed by atoms with Crippen molar-refractivity contribution in [3.63, 3.8) is 0 Å². The number of carbonyl (C=O) groups excluding carboxylic acids is 2. The Morgan fingerprint density at radius 2 is 1.71 bits per heavy atom. The number of halogens is 1. The molecule has 178 valence electrons. The van der Waals surface area contributed by atoms with Crippen molar-refractivity contribution in [1.82, 2.24) is 5.32 Å². The Bertz CT molecular complexity index is 1100. The van der Waals surface area contributed by atoms with Crippen LogP contribution in [0.5, 0.6) is 0 Å². The van der Waals surface area contributed by atoms with Crippen molar-refractivity contribution < 1.29 is 14.0 Å². The van der Waals surface area contributed by atoms with Gasteiger partial charge < -0.3 is 5.32 Å². The van der Waals surface area contributed by atoms with Gasteiger partial charge in [-0.3, -0.25) is 14.5 Å². The van der Waals surface area contributed by atoms with Crippen LogP contribution in [-0.2, 0) is 4.79 Å². The van der Waals surface area contributed by atoms with Crippen molar-refractivity contribution in [3.05, 3.63) is 65.0 Å². The molecule has 1 N–H and O–H groups in total. The van der Waals surface area contributed by atoms with Gasteiger partial charge in [0.2, 0.25) is 5.91 Å². The maximum absolute atomic E-state index is 13.4. The Hall–Kier alpha value is -2.34. The molecule has 2 amide bonds. The number of thioether (sulfide) groups is 1. The first kappa shape index (κ1) is 22.1. The molecule has 0 aromatic heterocycles. The smallest absolute Gasteiger partial charge is 0.251 e. The predicted molar refractivity (Wildman–Crippen MR) is 133 cm³/mol. The minimum Gasteiger partial charge on any atom is -0.351 e. The largest absolute Gasteiger partial charge is 0.351 e. The fraction of sp³-hybridized carbons (Fsp3) is 0.500. The van der Waals surface area contributed by atoms with E-state index in [0.717, 1.165) is 41.1 Å². The van der Waals surface area contributed by atoms with Crippen molar-refractivity contribution in [1.29, 1.82) is 0 Å². The van der Waals surface area contributed by atoms with E-state index in [-0.39, 0.29) is 23.0 Å². The van der Waals surface area contributed by atoms with Crippen LogP contribution >= 0.6 is 11.8 Å². The number of nitrogens with one attached hydrogen (secondary N) is 1. The second-order valence-electron chi connectivity index (χ2n) is 11.1. The van der Waals surface area contributed by atoms with E-state index in [4.69, 9.17) is 0 Å². The van der Waals surface area contributed by atoms with Crippen LogP contribution in [0.25, 0.3) is 0 Å². The summed E-state index contributed by atoms with van der Waals surface area (Å²) in [6.45, 7) is 2.73. The first-order chi connectivity index (χ1) is 16.4. The van der Waals surface area contributed by atoms with E-state index in [2.05, 4.69) is 5.32 Å². The molecule has 0 radical (unpaired) electrons. The average molecular weight is 479 g/mol. The van der Waals surface area contributed by atoms with Gasteiger partial charge in [-0.05, 0) is 110 Å². The third-order valence-electron chi connectivity index (χ3n) is 8.53. The molecule has 1 heterocycles. The lowest BCUT2D eigenvalue weighted by molar-refractivity contribution is -0.115. The molecule has 4 saturated carbocycles. The SMILES string of the molecule is Cc1cc(C(=O)NCC23CC4CC(CC(C4)C2)C3)ccc1N1C(=O)CSC1c1ccc(F)cc1. The number of nitrogens with zero attached hydrogens (tertiary/aromatic N) is 1. The zero-order chi connectivity index (χ0) is 23.4. The second-order valence-corrected chi connectivity index (χ2v) is 12.1. The van der Waals surface area contributed by atoms with Crippen molar-refractivity contribution in [2.45, 2.75) is 50.8 Å². The summed E-state index contributed by atoms with van der Waals surface area (Å²) in [6.07, 6.45) is 8.03. The van der Waals surface area contributed by atoms with Crippen molar-refractivity contribution >= 4 is 29.3 Å². The number of rotatable bonds is 5. The van der Waals surface area contributed by atoms with E-state index in [9.17, 15) is 14.0 Å². The highest BCUT2D eigenvalue weighted by atomic mass is 32.2. The van der Waals surface area contributed by atoms with Crippen molar-refractivity contribution in [3.8, 4) is 0 Å². The average Bonchev–Trinajstić information content (AvgIpc) is 3.18. The van der Waals surface area contributed by atoms with Crippen LogP contribution < -0.4 is 10.2 Å².